The minimum atomic E-state index is -0.451. The molecule has 1 atom stereocenters. The first-order valence-electron chi connectivity index (χ1n) is 8.74. The fraction of sp³-hybridized carbons (Fsp3) is 0.238. The van der Waals surface area contributed by atoms with Crippen LogP contribution in [0.2, 0.25) is 0 Å². The van der Waals surface area contributed by atoms with E-state index >= 15 is 0 Å². The van der Waals surface area contributed by atoms with Crippen LogP contribution in [0.1, 0.15) is 40.1 Å². The highest BCUT2D eigenvalue weighted by atomic mass is 16.3. The molecule has 0 saturated carbocycles. The minimum Gasteiger partial charge on any atom is -0.394 e. The molecule has 1 heterocycles. The van der Waals surface area contributed by atoms with Crippen LogP contribution in [0.25, 0.3) is 5.69 Å². The van der Waals surface area contributed by atoms with E-state index < -0.39 is 6.04 Å². The maximum atomic E-state index is 12.7. The van der Waals surface area contributed by atoms with Gasteiger partial charge in [-0.1, -0.05) is 49.4 Å². The molecule has 0 radical (unpaired) electrons. The van der Waals surface area contributed by atoms with Gasteiger partial charge in [0.25, 0.3) is 5.91 Å². The van der Waals surface area contributed by atoms with E-state index in [1.165, 1.54) is 5.56 Å². The van der Waals surface area contributed by atoms with Crippen molar-refractivity contribution in [3.05, 3.63) is 83.2 Å². The summed E-state index contributed by atoms with van der Waals surface area (Å²) < 4.78 is 1.74. The largest absolute Gasteiger partial charge is 0.394 e. The van der Waals surface area contributed by atoms with Crippen molar-refractivity contribution in [3.8, 4) is 5.69 Å². The van der Waals surface area contributed by atoms with Gasteiger partial charge in [0.1, 0.15) is 0 Å². The molecular formula is C21H23N3O2. The Morgan fingerprint density at radius 3 is 2.46 bits per heavy atom. The maximum Gasteiger partial charge on any atom is 0.255 e. The quantitative estimate of drug-likeness (QED) is 0.718. The Hall–Kier alpha value is -2.92. The highest BCUT2D eigenvalue weighted by Gasteiger charge is 2.19. The van der Waals surface area contributed by atoms with Crippen molar-refractivity contribution in [1.29, 1.82) is 0 Å². The molecule has 3 rings (SSSR count). The van der Waals surface area contributed by atoms with E-state index in [0.29, 0.717) is 5.56 Å². The van der Waals surface area contributed by atoms with E-state index in [4.69, 9.17) is 0 Å². The molecule has 0 fully saturated rings. The Morgan fingerprint density at radius 2 is 1.85 bits per heavy atom. The normalized spacial score (nSPS) is 12.0. The predicted molar refractivity (Wildman–Crippen MR) is 101 cm³/mol. The van der Waals surface area contributed by atoms with Crippen molar-refractivity contribution in [1.82, 2.24) is 15.1 Å². The van der Waals surface area contributed by atoms with Crippen LogP contribution in [0.3, 0.4) is 0 Å². The van der Waals surface area contributed by atoms with Gasteiger partial charge in [-0.15, -0.1) is 0 Å². The predicted octanol–water partition coefficient (Wildman–Crippen LogP) is 3.21. The second-order valence-electron chi connectivity index (χ2n) is 6.19. The topological polar surface area (TPSA) is 67.2 Å². The number of hydrogen-bond donors (Lipinski definition) is 2. The van der Waals surface area contributed by atoms with Crippen LogP contribution in [0.4, 0.5) is 0 Å². The number of aryl methyl sites for hydroxylation is 1. The second kappa shape index (κ2) is 7.97. The number of aliphatic hydroxyl groups is 1. The van der Waals surface area contributed by atoms with Gasteiger partial charge in [-0.3, -0.25) is 4.79 Å². The third kappa shape index (κ3) is 3.68. The number of benzene rings is 2. The molecule has 0 saturated heterocycles. The number of nitrogens with zero attached hydrogens (tertiary/aromatic N) is 2. The van der Waals surface area contributed by atoms with Crippen molar-refractivity contribution in [2.45, 2.75) is 26.3 Å². The van der Waals surface area contributed by atoms with Crippen LogP contribution in [-0.4, -0.2) is 27.4 Å². The standard InChI is InChI=1S/C21H23N3O2/c1-3-16-9-11-17(12-10-16)20(14-25)23-21(26)19-13-22-24(15(19)2)18-7-5-4-6-8-18/h4-13,20,25H,3,14H2,1-2H3,(H,23,26). The van der Waals surface area contributed by atoms with Crippen molar-refractivity contribution in [3.63, 3.8) is 0 Å². The molecule has 3 aromatic rings. The summed E-state index contributed by atoms with van der Waals surface area (Å²) >= 11 is 0. The van der Waals surface area contributed by atoms with Gasteiger partial charge in [-0.25, -0.2) is 4.68 Å². The van der Waals surface area contributed by atoms with Crippen LogP contribution in [0.15, 0.2) is 60.8 Å². The van der Waals surface area contributed by atoms with Crippen molar-refractivity contribution >= 4 is 5.91 Å². The minimum absolute atomic E-state index is 0.164. The van der Waals surface area contributed by atoms with Gasteiger partial charge in [-0.2, -0.15) is 5.10 Å². The van der Waals surface area contributed by atoms with E-state index in [9.17, 15) is 9.90 Å². The molecule has 2 aromatic carbocycles. The maximum absolute atomic E-state index is 12.7. The number of nitrogens with one attached hydrogen (secondary N) is 1. The van der Waals surface area contributed by atoms with E-state index in [2.05, 4.69) is 17.3 Å². The Bertz CT molecular complexity index is 870. The average Bonchev–Trinajstić information content (AvgIpc) is 3.08. The van der Waals surface area contributed by atoms with Gasteiger partial charge in [0, 0.05) is 0 Å². The third-order valence-electron chi connectivity index (χ3n) is 4.53. The second-order valence-corrected chi connectivity index (χ2v) is 6.19. The molecule has 5 heteroatoms. The number of hydrogen-bond acceptors (Lipinski definition) is 3. The molecule has 26 heavy (non-hydrogen) atoms. The molecule has 134 valence electrons. The summed E-state index contributed by atoms with van der Waals surface area (Å²) in [6.07, 6.45) is 2.51. The van der Waals surface area contributed by atoms with Gasteiger partial charge in [0.2, 0.25) is 0 Å². The van der Waals surface area contributed by atoms with E-state index in [1.54, 1.807) is 10.9 Å². The molecule has 0 bridgehead atoms. The lowest BCUT2D eigenvalue weighted by Crippen LogP contribution is -2.31. The SMILES string of the molecule is CCc1ccc(C(CO)NC(=O)c2cnn(-c3ccccc3)c2C)cc1. The summed E-state index contributed by atoms with van der Waals surface area (Å²) in [7, 11) is 0. The molecule has 2 N–H and O–H groups in total. The zero-order valence-electron chi connectivity index (χ0n) is 15.0. The Kier molecular flexibility index (Phi) is 5.49. The van der Waals surface area contributed by atoms with Gasteiger partial charge >= 0.3 is 0 Å². The monoisotopic (exact) mass is 349 g/mol. The lowest BCUT2D eigenvalue weighted by Gasteiger charge is -2.17. The highest BCUT2D eigenvalue weighted by Crippen LogP contribution is 2.17. The molecule has 0 spiro atoms. The number of aliphatic hydroxyl groups excluding tert-OH is 1. The summed E-state index contributed by atoms with van der Waals surface area (Å²) in [4.78, 5) is 12.7. The molecule has 1 unspecified atom stereocenters. The number of carbonyl (C=O) groups excluding carboxylic acids is 1. The fourth-order valence-electron chi connectivity index (χ4n) is 2.92. The number of rotatable bonds is 6. The molecule has 0 aliphatic rings. The number of amides is 1. The molecule has 5 nitrogen and oxygen atoms in total. The third-order valence-corrected chi connectivity index (χ3v) is 4.53. The van der Waals surface area contributed by atoms with E-state index in [1.807, 2.05) is 61.5 Å². The van der Waals surface area contributed by atoms with Crippen molar-refractivity contribution < 1.29 is 9.90 Å². The van der Waals surface area contributed by atoms with Crippen LogP contribution >= 0.6 is 0 Å². The first kappa shape index (κ1) is 17.9. The fourth-order valence-corrected chi connectivity index (χ4v) is 2.92. The number of para-hydroxylation sites is 1. The lowest BCUT2D eigenvalue weighted by atomic mass is 10.0. The lowest BCUT2D eigenvalue weighted by molar-refractivity contribution is 0.0915. The number of carbonyl (C=O) groups is 1. The summed E-state index contributed by atoms with van der Waals surface area (Å²) in [6.45, 7) is 3.79. The van der Waals surface area contributed by atoms with Gasteiger partial charge < -0.3 is 10.4 Å². The Labute approximate surface area is 153 Å². The van der Waals surface area contributed by atoms with Crippen molar-refractivity contribution in [2.75, 3.05) is 6.61 Å². The molecule has 0 aliphatic heterocycles. The Morgan fingerprint density at radius 1 is 1.15 bits per heavy atom. The van der Waals surface area contributed by atoms with Crippen LogP contribution in [-0.2, 0) is 6.42 Å². The van der Waals surface area contributed by atoms with Crippen LogP contribution in [0.5, 0.6) is 0 Å². The smallest absolute Gasteiger partial charge is 0.255 e. The van der Waals surface area contributed by atoms with Gasteiger partial charge in [0.05, 0.1) is 35.8 Å². The zero-order chi connectivity index (χ0) is 18.5. The first-order chi connectivity index (χ1) is 12.6. The molecule has 1 amide bonds. The summed E-state index contributed by atoms with van der Waals surface area (Å²) in [5.41, 5.74) is 4.25. The van der Waals surface area contributed by atoms with Crippen molar-refractivity contribution in [2.24, 2.45) is 0 Å². The molecule has 0 aliphatic carbocycles. The zero-order valence-corrected chi connectivity index (χ0v) is 15.0. The van der Waals surface area contributed by atoms with Gasteiger partial charge in [-0.05, 0) is 36.6 Å². The Balaban J connectivity index is 1.79. The molecule has 1 aromatic heterocycles. The molecular weight excluding hydrogens is 326 g/mol. The summed E-state index contributed by atoms with van der Waals surface area (Å²) in [5.74, 6) is -0.247. The number of aromatic nitrogens is 2. The highest BCUT2D eigenvalue weighted by molar-refractivity contribution is 5.95. The van der Waals surface area contributed by atoms with Gasteiger partial charge in [0.15, 0.2) is 0 Å². The van der Waals surface area contributed by atoms with Crippen LogP contribution in [0, 0.1) is 6.92 Å². The van der Waals surface area contributed by atoms with E-state index in [-0.39, 0.29) is 12.5 Å². The summed E-state index contributed by atoms with van der Waals surface area (Å²) in [5, 5.41) is 16.9. The van der Waals surface area contributed by atoms with E-state index in [0.717, 1.165) is 23.4 Å². The van der Waals surface area contributed by atoms with Crippen LogP contribution < -0.4 is 5.32 Å². The average molecular weight is 349 g/mol. The summed E-state index contributed by atoms with van der Waals surface area (Å²) in [6, 6.07) is 17.1. The first-order valence-corrected chi connectivity index (χ1v) is 8.74.